The molecule has 146 valence electrons. The molecule has 2 N–H and O–H groups in total. The fourth-order valence-corrected chi connectivity index (χ4v) is 2.15. The predicted octanol–water partition coefficient (Wildman–Crippen LogP) is -2.72. The van der Waals surface area contributed by atoms with Gasteiger partial charge >= 0.3 is 46.6 Å². The molecule has 0 aliphatic carbocycles. The van der Waals surface area contributed by atoms with Gasteiger partial charge < -0.3 is 50.7 Å². The van der Waals surface area contributed by atoms with E-state index in [1.54, 1.807) is 0 Å². The smallest absolute Gasteiger partial charge is 0.474 e. The molecule has 0 saturated carbocycles. The molecular weight excluding hydrogens is 400 g/mol. The van der Waals surface area contributed by atoms with E-state index in [4.69, 9.17) is 0 Å². The van der Waals surface area contributed by atoms with E-state index in [9.17, 15) is 60.3 Å². The second-order valence-corrected chi connectivity index (χ2v) is 4.72. The summed E-state index contributed by atoms with van der Waals surface area (Å²) in [7, 11) is 0. The lowest BCUT2D eigenvalue weighted by molar-refractivity contribution is -0.378. The summed E-state index contributed by atoms with van der Waals surface area (Å²) in [4.78, 5) is 72.1. The molecule has 0 bridgehead atoms. The fraction of sp³-hybridized carbons (Fsp3) is 0.250. The van der Waals surface area contributed by atoms with Crippen LogP contribution in [0.1, 0.15) is 0 Å². The van der Waals surface area contributed by atoms with Crippen LogP contribution < -0.4 is 0 Å². The molecule has 2 aliphatic heterocycles. The Balaban J connectivity index is 2.99. The molecule has 0 amide bonds. The van der Waals surface area contributed by atoms with Gasteiger partial charge in [-0.25, -0.2) is 9.59 Å². The van der Waals surface area contributed by atoms with Crippen molar-refractivity contribution in [3.8, 4) is 0 Å². The molecule has 0 aromatic heterocycles. The van der Waals surface area contributed by atoms with Gasteiger partial charge in [-0.2, -0.15) is 0 Å². The minimum Gasteiger partial charge on any atom is -0.474 e. The summed E-state index contributed by atoms with van der Waals surface area (Å²) in [5, 5.41) is 62.5. The Kier molecular flexibility index (Phi) is 4.11. The molecule has 0 spiro atoms. The lowest BCUT2D eigenvalue weighted by atomic mass is 9.95. The topological polar surface area (TPSA) is 297 Å². The molecule has 20 heteroatoms. The normalized spacial score (nSPS) is 19.0. The van der Waals surface area contributed by atoms with Crippen LogP contribution in [0.15, 0.2) is 20.0 Å². The van der Waals surface area contributed by atoms with Gasteiger partial charge in [0.25, 0.3) is 0 Å². The van der Waals surface area contributed by atoms with Crippen LogP contribution in [-0.4, -0.2) is 76.5 Å². The SMILES string of the molecule is O=C(O)C1(C2(C(=O)O)N=C([N+](=O)[O-])C([N+](=O)[O-])=N2)N=C([N+](=O)[O-])C([N+](=O)[O-])=N1. The van der Waals surface area contributed by atoms with E-state index >= 15 is 0 Å². The second kappa shape index (κ2) is 5.89. The van der Waals surface area contributed by atoms with Gasteiger partial charge in [-0.15, -0.1) is 0 Å². The highest BCUT2D eigenvalue weighted by atomic mass is 16.7. The molecule has 0 radical (unpaired) electrons. The van der Waals surface area contributed by atoms with Gasteiger partial charge in [0, 0.05) is 20.0 Å². The van der Waals surface area contributed by atoms with Crippen LogP contribution in [0.3, 0.4) is 0 Å². The lowest BCUT2D eigenvalue weighted by Crippen LogP contribution is -2.58. The summed E-state index contributed by atoms with van der Waals surface area (Å²) in [5.41, 5.74) is -7.69. The van der Waals surface area contributed by atoms with E-state index < -0.39 is 66.3 Å². The Labute approximate surface area is 147 Å². The summed E-state index contributed by atoms with van der Waals surface area (Å²) in [6.07, 6.45) is 0. The molecule has 0 saturated heterocycles. The first kappa shape index (κ1) is 19.5. The summed E-state index contributed by atoms with van der Waals surface area (Å²) in [6.45, 7) is 0. The van der Waals surface area contributed by atoms with Gasteiger partial charge in [0.1, 0.15) is 0 Å². The van der Waals surface area contributed by atoms with E-state index in [2.05, 4.69) is 20.0 Å². The van der Waals surface area contributed by atoms with Gasteiger partial charge in [0.05, 0.1) is 0 Å². The van der Waals surface area contributed by atoms with Crippen molar-refractivity contribution in [2.45, 2.75) is 11.3 Å². The zero-order chi connectivity index (χ0) is 21.6. The Morgan fingerprint density at radius 2 is 0.786 bits per heavy atom. The Hall–Kier alpha value is -4.78. The Bertz CT molecular complexity index is 863. The van der Waals surface area contributed by atoms with Gasteiger partial charge in [0.2, 0.25) is 0 Å². The number of nitro groups is 4. The maximum Gasteiger partial charge on any atom is 0.522 e. The first-order valence-electron chi connectivity index (χ1n) is 6.25. The Morgan fingerprint density at radius 1 is 0.607 bits per heavy atom. The van der Waals surface area contributed by atoms with Crippen molar-refractivity contribution >= 4 is 35.3 Å². The summed E-state index contributed by atoms with van der Waals surface area (Å²) in [5.74, 6) is -12.3. The highest BCUT2D eigenvalue weighted by Gasteiger charge is 2.88. The molecule has 2 aliphatic rings. The van der Waals surface area contributed by atoms with Crippen LogP contribution >= 0.6 is 0 Å². The monoisotopic (exact) mass is 402 g/mol. The molecule has 0 fully saturated rings. The van der Waals surface area contributed by atoms with Gasteiger partial charge in [-0.1, -0.05) is 0 Å². The quantitative estimate of drug-likeness (QED) is 0.359. The third kappa shape index (κ3) is 2.39. The summed E-state index contributed by atoms with van der Waals surface area (Å²) < 4.78 is 0. The van der Waals surface area contributed by atoms with E-state index in [1.165, 1.54) is 0 Å². The molecule has 2 rings (SSSR count). The maximum atomic E-state index is 11.7. The molecule has 0 unspecified atom stereocenters. The number of nitrogens with zero attached hydrogens (tertiary/aromatic N) is 8. The highest BCUT2D eigenvalue weighted by Crippen LogP contribution is 2.40. The number of hydrogen-bond donors (Lipinski definition) is 2. The van der Waals surface area contributed by atoms with Crippen molar-refractivity contribution < 1.29 is 39.5 Å². The number of hydrogen-bond acceptors (Lipinski definition) is 14. The zero-order valence-electron chi connectivity index (χ0n) is 12.6. The van der Waals surface area contributed by atoms with E-state index in [0.717, 1.165) is 0 Å². The van der Waals surface area contributed by atoms with Crippen LogP contribution in [0, 0.1) is 40.5 Å². The van der Waals surface area contributed by atoms with Gasteiger partial charge in [0.15, 0.2) is 0 Å². The van der Waals surface area contributed by atoms with E-state index in [1.807, 2.05) is 0 Å². The highest BCUT2D eigenvalue weighted by molar-refractivity contribution is 6.37. The minimum absolute atomic E-state index is 1.58. The zero-order valence-corrected chi connectivity index (χ0v) is 12.6. The Morgan fingerprint density at radius 3 is 0.893 bits per heavy atom. The average Bonchev–Trinajstić information content (AvgIpc) is 3.16. The molecule has 20 nitrogen and oxygen atoms in total. The molecule has 0 aromatic carbocycles. The number of amidine groups is 4. The first-order chi connectivity index (χ1) is 12.8. The number of carboxylic acid groups (broad SMARTS) is 2. The molecule has 2 heterocycles. The third-order valence-electron chi connectivity index (χ3n) is 3.25. The van der Waals surface area contributed by atoms with Crippen LogP contribution in [0.5, 0.6) is 0 Å². The van der Waals surface area contributed by atoms with Crippen molar-refractivity contribution in [2.75, 3.05) is 0 Å². The van der Waals surface area contributed by atoms with Crippen molar-refractivity contribution in [1.29, 1.82) is 0 Å². The predicted molar refractivity (Wildman–Crippen MR) is 78.5 cm³/mol. The third-order valence-corrected chi connectivity index (χ3v) is 3.25. The van der Waals surface area contributed by atoms with E-state index in [0.29, 0.717) is 0 Å². The number of carbonyl (C=O) groups is 2. The van der Waals surface area contributed by atoms with Crippen molar-refractivity contribution in [3.63, 3.8) is 0 Å². The number of aliphatic imine (C=N–C) groups is 4. The van der Waals surface area contributed by atoms with Crippen LogP contribution in [0.25, 0.3) is 0 Å². The van der Waals surface area contributed by atoms with Crippen LogP contribution in [-0.2, 0) is 9.59 Å². The van der Waals surface area contributed by atoms with E-state index in [-0.39, 0.29) is 0 Å². The lowest BCUT2D eigenvalue weighted by Gasteiger charge is -2.11. The first-order valence-corrected chi connectivity index (χ1v) is 6.25. The minimum atomic E-state index is -3.84. The number of rotatable bonds is 3. The number of carboxylic acids is 2. The van der Waals surface area contributed by atoms with Crippen molar-refractivity contribution in [2.24, 2.45) is 20.0 Å². The summed E-state index contributed by atoms with van der Waals surface area (Å²) >= 11 is 0. The maximum absolute atomic E-state index is 11.7. The standard InChI is InChI=1S/C8H2N8O12/c17-5(18)7(9-1(13(21)22)2(10-7)14(23)24)8(6(19)20)11-3(15(25)26)4(12-8)16(27)28/h(H,17,18)(H,19,20). The van der Waals surface area contributed by atoms with Crippen molar-refractivity contribution in [1.82, 2.24) is 0 Å². The van der Waals surface area contributed by atoms with Crippen LogP contribution in [0.4, 0.5) is 0 Å². The largest absolute Gasteiger partial charge is 0.522 e. The number of aliphatic carboxylic acids is 2. The van der Waals surface area contributed by atoms with Gasteiger partial charge in [-0.05, 0) is 19.7 Å². The van der Waals surface area contributed by atoms with Crippen molar-refractivity contribution in [3.05, 3.63) is 40.5 Å². The molecule has 0 aromatic rings. The second-order valence-electron chi connectivity index (χ2n) is 4.72. The van der Waals surface area contributed by atoms with Gasteiger partial charge in [-0.3, -0.25) is 0 Å². The average molecular weight is 402 g/mol. The molecule has 28 heavy (non-hydrogen) atoms. The van der Waals surface area contributed by atoms with Crippen LogP contribution in [0.2, 0.25) is 0 Å². The molecule has 0 atom stereocenters. The summed E-state index contributed by atoms with van der Waals surface area (Å²) in [6, 6.07) is 0. The molecular formula is C8H2N8O12. The fourth-order valence-electron chi connectivity index (χ4n) is 2.15.